The molecule has 0 bridgehead atoms. The van der Waals surface area contributed by atoms with Crippen molar-refractivity contribution in [2.45, 2.75) is 11.3 Å². The predicted octanol–water partition coefficient (Wildman–Crippen LogP) is 5.12. The van der Waals surface area contributed by atoms with E-state index in [1.165, 1.54) is 0 Å². The number of halogens is 2. The number of methoxy groups -OCH3 is 1. The molecule has 110 valence electrons. The van der Waals surface area contributed by atoms with Crippen LogP contribution in [0.1, 0.15) is 5.56 Å². The summed E-state index contributed by atoms with van der Waals surface area (Å²) in [6, 6.07) is 13.6. The lowest BCUT2D eigenvalue weighted by Crippen LogP contribution is -2.06. The summed E-state index contributed by atoms with van der Waals surface area (Å²) in [7, 11) is 1.62. The standard InChI is InChI=1S/C16H14Br2O2S/c1-20-14-5-6-16(18)11(8-14)7-13(19)10-21-15-4-2-3-12(17)9-15/h2-6,8-9H,7,10H2,1H3. The van der Waals surface area contributed by atoms with Crippen molar-refractivity contribution in [1.82, 2.24) is 0 Å². The number of hydrogen-bond acceptors (Lipinski definition) is 3. The van der Waals surface area contributed by atoms with Gasteiger partial charge in [0, 0.05) is 20.3 Å². The van der Waals surface area contributed by atoms with Crippen molar-refractivity contribution < 1.29 is 9.53 Å². The Morgan fingerprint density at radius 1 is 1.19 bits per heavy atom. The lowest BCUT2D eigenvalue weighted by atomic mass is 10.1. The third kappa shape index (κ3) is 5.16. The van der Waals surface area contributed by atoms with Gasteiger partial charge in [-0.3, -0.25) is 4.79 Å². The molecule has 0 radical (unpaired) electrons. The number of benzene rings is 2. The lowest BCUT2D eigenvalue weighted by molar-refractivity contribution is -0.116. The van der Waals surface area contributed by atoms with Crippen molar-refractivity contribution in [2.24, 2.45) is 0 Å². The smallest absolute Gasteiger partial charge is 0.147 e. The number of Topliss-reactive ketones (excluding diaryl/α,β-unsaturated/α-hetero) is 1. The zero-order chi connectivity index (χ0) is 15.2. The molecule has 0 saturated heterocycles. The van der Waals surface area contributed by atoms with Crippen LogP contribution >= 0.6 is 43.6 Å². The van der Waals surface area contributed by atoms with Crippen LogP contribution in [0.25, 0.3) is 0 Å². The molecule has 0 fully saturated rings. The minimum Gasteiger partial charge on any atom is -0.497 e. The molecular weight excluding hydrogens is 416 g/mol. The number of hydrogen-bond donors (Lipinski definition) is 0. The number of carbonyl (C=O) groups excluding carboxylic acids is 1. The van der Waals surface area contributed by atoms with Crippen molar-refractivity contribution in [2.75, 3.05) is 12.9 Å². The van der Waals surface area contributed by atoms with E-state index >= 15 is 0 Å². The molecule has 0 atom stereocenters. The highest BCUT2D eigenvalue weighted by Crippen LogP contribution is 2.25. The van der Waals surface area contributed by atoms with Crippen LogP contribution in [0.15, 0.2) is 56.3 Å². The molecule has 2 aromatic rings. The van der Waals surface area contributed by atoms with Crippen LogP contribution < -0.4 is 4.74 Å². The topological polar surface area (TPSA) is 26.3 Å². The third-order valence-electron chi connectivity index (χ3n) is 2.84. The van der Waals surface area contributed by atoms with Gasteiger partial charge < -0.3 is 4.74 Å². The summed E-state index contributed by atoms with van der Waals surface area (Å²) < 4.78 is 7.15. The first-order valence-corrected chi connectivity index (χ1v) is 8.88. The van der Waals surface area contributed by atoms with Gasteiger partial charge in [0.15, 0.2) is 0 Å². The molecule has 0 heterocycles. The van der Waals surface area contributed by atoms with Crippen molar-refractivity contribution in [3.63, 3.8) is 0 Å². The molecule has 0 aliphatic carbocycles. The number of ether oxygens (including phenoxy) is 1. The summed E-state index contributed by atoms with van der Waals surface area (Å²) in [5, 5.41) is 0. The molecule has 0 unspecified atom stereocenters. The number of thioether (sulfide) groups is 1. The Morgan fingerprint density at radius 3 is 2.71 bits per heavy atom. The van der Waals surface area contributed by atoms with Crippen molar-refractivity contribution >= 4 is 49.4 Å². The Kier molecular flexibility index (Phi) is 6.33. The first-order chi connectivity index (χ1) is 10.1. The average molecular weight is 430 g/mol. The summed E-state index contributed by atoms with van der Waals surface area (Å²) in [5.41, 5.74) is 0.953. The van der Waals surface area contributed by atoms with Crippen molar-refractivity contribution in [3.05, 3.63) is 57.0 Å². The van der Waals surface area contributed by atoms with Gasteiger partial charge in [-0.25, -0.2) is 0 Å². The van der Waals surface area contributed by atoms with E-state index in [-0.39, 0.29) is 5.78 Å². The van der Waals surface area contributed by atoms with Crippen molar-refractivity contribution in [1.29, 1.82) is 0 Å². The van der Waals surface area contributed by atoms with Crippen LogP contribution in [0, 0.1) is 0 Å². The molecule has 2 rings (SSSR count). The Bertz CT molecular complexity index is 644. The van der Waals surface area contributed by atoms with E-state index in [0.29, 0.717) is 12.2 Å². The summed E-state index contributed by atoms with van der Waals surface area (Å²) in [6.45, 7) is 0. The molecule has 21 heavy (non-hydrogen) atoms. The van der Waals surface area contributed by atoms with Gasteiger partial charge in [-0.1, -0.05) is 37.9 Å². The number of ketones is 1. The second kappa shape index (κ2) is 8.01. The Balaban J connectivity index is 1.96. The van der Waals surface area contributed by atoms with E-state index in [0.717, 1.165) is 25.2 Å². The maximum absolute atomic E-state index is 12.1. The molecule has 0 spiro atoms. The second-order valence-electron chi connectivity index (χ2n) is 4.42. The van der Waals surface area contributed by atoms with Gasteiger partial charge in [-0.15, -0.1) is 11.8 Å². The number of rotatable bonds is 6. The van der Waals surface area contributed by atoms with Gasteiger partial charge in [0.05, 0.1) is 12.9 Å². The van der Waals surface area contributed by atoms with Crippen LogP contribution in [-0.2, 0) is 11.2 Å². The molecule has 0 amide bonds. The van der Waals surface area contributed by atoms with Crippen molar-refractivity contribution in [3.8, 4) is 5.75 Å². The second-order valence-corrected chi connectivity index (χ2v) is 7.24. The predicted molar refractivity (Wildman–Crippen MR) is 94.3 cm³/mol. The van der Waals surface area contributed by atoms with Crippen LogP contribution in [0.5, 0.6) is 5.75 Å². The highest BCUT2D eigenvalue weighted by Gasteiger charge is 2.09. The van der Waals surface area contributed by atoms with Crippen LogP contribution in [-0.4, -0.2) is 18.6 Å². The molecule has 0 N–H and O–H groups in total. The van der Waals surface area contributed by atoms with E-state index in [4.69, 9.17) is 4.74 Å². The molecule has 2 aromatic carbocycles. The fourth-order valence-electron chi connectivity index (χ4n) is 1.80. The van der Waals surface area contributed by atoms with Gasteiger partial charge in [0.1, 0.15) is 11.5 Å². The highest BCUT2D eigenvalue weighted by molar-refractivity contribution is 9.10. The quantitative estimate of drug-likeness (QED) is 0.595. The largest absolute Gasteiger partial charge is 0.497 e. The molecule has 0 saturated carbocycles. The van der Waals surface area contributed by atoms with Gasteiger partial charge in [0.2, 0.25) is 0 Å². The first-order valence-electron chi connectivity index (χ1n) is 6.31. The van der Waals surface area contributed by atoms with E-state index < -0.39 is 0 Å². The van der Waals surface area contributed by atoms with Gasteiger partial charge in [0.25, 0.3) is 0 Å². The van der Waals surface area contributed by atoms with Crippen LogP contribution in [0.2, 0.25) is 0 Å². The minimum absolute atomic E-state index is 0.189. The summed E-state index contributed by atoms with van der Waals surface area (Å²) in [4.78, 5) is 13.2. The van der Waals surface area contributed by atoms with E-state index in [1.807, 2.05) is 42.5 Å². The first kappa shape index (κ1) is 16.6. The third-order valence-corrected chi connectivity index (χ3v) is 5.16. The number of carbonyl (C=O) groups is 1. The maximum atomic E-state index is 12.1. The molecular formula is C16H14Br2O2S. The molecule has 0 aliphatic rings. The fourth-order valence-corrected chi connectivity index (χ4v) is 3.55. The minimum atomic E-state index is 0.189. The SMILES string of the molecule is COc1ccc(Br)c(CC(=O)CSc2cccc(Br)c2)c1. The maximum Gasteiger partial charge on any atom is 0.147 e. The Morgan fingerprint density at radius 2 is 2.00 bits per heavy atom. The molecule has 0 aliphatic heterocycles. The summed E-state index contributed by atoms with van der Waals surface area (Å²) in [6.07, 6.45) is 0.402. The zero-order valence-electron chi connectivity index (χ0n) is 11.4. The van der Waals surface area contributed by atoms with Gasteiger partial charge >= 0.3 is 0 Å². The normalized spacial score (nSPS) is 10.4. The van der Waals surface area contributed by atoms with Crippen LogP contribution in [0.3, 0.4) is 0 Å². The van der Waals surface area contributed by atoms with Gasteiger partial charge in [-0.05, 0) is 42.0 Å². The molecule has 5 heteroatoms. The monoisotopic (exact) mass is 428 g/mol. The Labute approximate surface area is 145 Å². The summed E-state index contributed by atoms with van der Waals surface area (Å²) in [5.74, 6) is 1.41. The lowest BCUT2D eigenvalue weighted by Gasteiger charge is -2.07. The zero-order valence-corrected chi connectivity index (χ0v) is 15.4. The summed E-state index contributed by atoms with van der Waals surface area (Å²) >= 11 is 8.45. The van der Waals surface area contributed by atoms with Gasteiger partial charge in [-0.2, -0.15) is 0 Å². The molecule has 0 aromatic heterocycles. The van der Waals surface area contributed by atoms with Crippen LogP contribution in [0.4, 0.5) is 0 Å². The molecule has 2 nitrogen and oxygen atoms in total. The Hall–Kier alpha value is -0.780. The van der Waals surface area contributed by atoms with E-state index in [2.05, 4.69) is 31.9 Å². The highest BCUT2D eigenvalue weighted by atomic mass is 79.9. The van der Waals surface area contributed by atoms with E-state index in [1.54, 1.807) is 18.9 Å². The average Bonchev–Trinajstić information content (AvgIpc) is 2.47. The fraction of sp³-hybridized carbons (Fsp3) is 0.188. The van der Waals surface area contributed by atoms with E-state index in [9.17, 15) is 4.79 Å².